The number of nitrogens with zero attached hydrogens (tertiary/aromatic N) is 1. The average molecular weight is 818 g/mol. The Morgan fingerprint density at radius 3 is 1.64 bits per heavy atom. The molecular formula is C53H40IN. The number of hydrogen-bond donors (Lipinski definition) is 0. The number of para-hydroxylation sites is 1. The SMILES string of the molecule is Cc1c(C)n(-c2ccccc2)c2ccc(I(c3ccc(-c4ccccc4)cc3)c3ccc(-c4ccc5c(c4)-c4ccccc4C5c4ccccc4)cc3)cc12. The molecule has 10 rings (SSSR count). The summed E-state index contributed by atoms with van der Waals surface area (Å²) >= 11 is -2.10. The Kier molecular flexibility index (Phi) is 8.57. The van der Waals surface area contributed by atoms with Gasteiger partial charge in [-0.3, -0.25) is 0 Å². The van der Waals surface area contributed by atoms with Gasteiger partial charge in [-0.1, -0.05) is 6.07 Å². The van der Waals surface area contributed by atoms with E-state index in [1.807, 2.05) is 0 Å². The van der Waals surface area contributed by atoms with Crippen LogP contribution in [0.3, 0.4) is 0 Å². The summed E-state index contributed by atoms with van der Waals surface area (Å²) in [6, 6.07) is 74.7. The van der Waals surface area contributed by atoms with Crippen LogP contribution in [0.25, 0.3) is 50.0 Å². The molecule has 0 amide bonds. The van der Waals surface area contributed by atoms with Crippen molar-refractivity contribution in [2.75, 3.05) is 0 Å². The number of aryl methyl sites for hydroxylation is 1. The summed E-state index contributed by atoms with van der Waals surface area (Å²) in [4.78, 5) is 0. The molecule has 0 fully saturated rings. The van der Waals surface area contributed by atoms with Gasteiger partial charge in [0, 0.05) is 0 Å². The molecule has 1 aromatic heterocycles. The predicted molar refractivity (Wildman–Crippen MR) is 239 cm³/mol. The Balaban J connectivity index is 1.06. The first-order valence-corrected chi connectivity index (χ1v) is 22.3. The van der Waals surface area contributed by atoms with E-state index >= 15 is 0 Å². The van der Waals surface area contributed by atoms with E-state index in [2.05, 4.69) is 219 Å². The quantitative estimate of drug-likeness (QED) is 0.141. The van der Waals surface area contributed by atoms with E-state index in [0.717, 1.165) is 0 Å². The Morgan fingerprint density at radius 1 is 0.418 bits per heavy atom. The fourth-order valence-corrected chi connectivity index (χ4v) is 14.0. The van der Waals surface area contributed by atoms with Gasteiger partial charge >= 0.3 is 327 Å². The molecule has 264 valence electrons. The summed E-state index contributed by atoms with van der Waals surface area (Å²) in [5, 5.41) is 1.34. The fraction of sp³-hybridized carbons (Fsp3) is 0.0566. The van der Waals surface area contributed by atoms with Crippen molar-refractivity contribution >= 4 is 30.7 Å². The molecule has 8 aromatic carbocycles. The molecule has 1 heterocycles. The normalized spacial score (nSPS) is 13.4. The molecule has 9 aromatic rings. The average Bonchev–Trinajstić information content (AvgIpc) is 3.72. The summed E-state index contributed by atoms with van der Waals surface area (Å²) < 4.78 is 6.74. The molecule has 1 aliphatic rings. The summed E-state index contributed by atoms with van der Waals surface area (Å²) in [5.41, 5.74) is 17.0. The molecule has 0 N–H and O–H groups in total. The first-order chi connectivity index (χ1) is 27.1. The minimum absolute atomic E-state index is 0.263. The minimum atomic E-state index is -2.10. The van der Waals surface area contributed by atoms with Crippen LogP contribution in [0.15, 0.2) is 200 Å². The topological polar surface area (TPSA) is 4.93 Å². The first-order valence-electron chi connectivity index (χ1n) is 19.0. The zero-order valence-corrected chi connectivity index (χ0v) is 33.1. The third kappa shape index (κ3) is 5.93. The van der Waals surface area contributed by atoms with Gasteiger partial charge in [-0.05, 0) is 0 Å². The van der Waals surface area contributed by atoms with Crippen LogP contribution >= 0.6 is 19.8 Å². The second kappa shape index (κ2) is 14.0. The standard InChI is InChI=1S/C53H40IN/c1-36-37(2)55(46-18-10-5-11-19-46)52-33-31-45(35-50(36)52)54(43-27-22-39(23-28-43)38-14-6-3-7-15-38)44-29-24-40(25-30-44)42-26-32-49-51(34-42)47-20-12-13-21-48(47)53(49)41-16-8-4-9-17-41/h3-35,53H,1-2H3. The molecule has 0 spiro atoms. The molecule has 55 heavy (non-hydrogen) atoms. The third-order valence-corrected chi connectivity index (χ3v) is 17.2. The van der Waals surface area contributed by atoms with Crippen LogP contribution in [0.4, 0.5) is 0 Å². The van der Waals surface area contributed by atoms with Crippen molar-refractivity contribution in [3.63, 3.8) is 0 Å². The maximum atomic E-state index is 2.50. The Morgan fingerprint density at radius 2 is 0.945 bits per heavy atom. The van der Waals surface area contributed by atoms with Crippen molar-refractivity contribution in [2.45, 2.75) is 19.8 Å². The van der Waals surface area contributed by atoms with Gasteiger partial charge < -0.3 is 0 Å². The number of fused-ring (bicyclic) bond motifs is 4. The molecule has 1 atom stereocenters. The van der Waals surface area contributed by atoms with Crippen LogP contribution in [0, 0.1) is 24.6 Å². The zero-order valence-electron chi connectivity index (χ0n) is 31.0. The van der Waals surface area contributed by atoms with Gasteiger partial charge in [-0.15, -0.1) is 0 Å². The molecule has 0 saturated heterocycles. The molecular weight excluding hydrogens is 777 g/mol. The third-order valence-electron chi connectivity index (χ3n) is 11.3. The predicted octanol–water partition coefficient (Wildman–Crippen LogP) is 14.2. The van der Waals surface area contributed by atoms with E-state index in [1.165, 1.54) is 88.6 Å². The Bertz CT molecular complexity index is 2800. The van der Waals surface area contributed by atoms with Gasteiger partial charge in [0.05, 0.1) is 0 Å². The van der Waals surface area contributed by atoms with Crippen LogP contribution in [-0.2, 0) is 0 Å². The van der Waals surface area contributed by atoms with Crippen molar-refractivity contribution in [1.82, 2.24) is 4.57 Å². The van der Waals surface area contributed by atoms with E-state index in [1.54, 1.807) is 0 Å². The van der Waals surface area contributed by atoms with Crippen LogP contribution < -0.4 is 0 Å². The maximum absolute atomic E-state index is 2.50. The van der Waals surface area contributed by atoms with Crippen molar-refractivity contribution in [1.29, 1.82) is 0 Å². The Labute approximate surface area is 331 Å². The van der Waals surface area contributed by atoms with Gasteiger partial charge in [0.25, 0.3) is 0 Å². The summed E-state index contributed by atoms with van der Waals surface area (Å²) in [7, 11) is 0. The fourth-order valence-electron chi connectivity index (χ4n) is 8.51. The monoisotopic (exact) mass is 817 g/mol. The number of hydrogen-bond acceptors (Lipinski definition) is 0. The second-order valence-electron chi connectivity index (χ2n) is 14.4. The van der Waals surface area contributed by atoms with Crippen molar-refractivity contribution in [3.8, 4) is 39.1 Å². The zero-order chi connectivity index (χ0) is 36.9. The van der Waals surface area contributed by atoms with Gasteiger partial charge in [0.2, 0.25) is 0 Å². The molecule has 0 aliphatic heterocycles. The molecule has 0 saturated carbocycles. The summed E-state index contributed by atoms with van der Waals surface area (Å²) in [5.74, 6) is 0.263. The van der Waals surface area contributed by atoms with E-state index in [-0.39, 0.29) is 5.92 Å². The van der Waals surface area contributed by atoms with Crippen molar-refractivity contribution < 1.29 is 0 Å². The van der Waals surface area contributed by atoms with Crippen LogP contribution in [0.1, 0.15) is 33.9 Å². The number of benzene rings is 8. The molecule has 1 unspecified atom stereocenters. The second-order valence-corrected chi connectivity index (χ2v) is 19.8. The Hall–Kier alpha value is -5.97. The summed E-state index contributed by atoms with van der Waals surface area (Å²) in [6.45, 7) is 4.53. The van der Waals surface area contributed by atoms with Crippen molar-refractivity contribution in [2.24, 2.45) is 0 Å². The van der Waals surface area contributed by atoms with Crippen LogP contribution in [0.5, 0.6) is 0 Å². The number of rotatable bonds is 7. The number of halogens is 1. The molecule has 1 nitrogen and oxygen atoms in total. The molecule has 0 bridgehead atoms. The van der Waals surface area contributed by atoms with Crippen molar-refractivity contribution in [3.05, 3.63) is 239 Å². The van der Waals surface area contributed by atoms with Gasteiger partial charge in [-0.25, -0.2) is 0 Å². The van der Waals surface area contributed by atoms with E-state index < -0.39 is 19.8 Å². The van der Waals surface area contributed by atoms with Gasteiger partial charge in [0.1, 0.15) is 0 Å². The van der Waals surface area contributed by atoms with Gasteiger partial charge in [-0.2, -0.15) is 0 Å². The van der Waals surface area contributed by atoms with Crippen LogP contribution in [0.2, 0.25) is 0 Å². The molecule has 2 heteroatoms. The number of aromatic nitrogens is 1. The van der Waals surface area contributed by atoms with E-state index in [0.29, 0.717) is 0 Å². The first kappa shape index (κ1) is 33.6. The summed E-state index contributed by atoms with van der Waals surface area (Å²) in [6.07, 6.45) is 0. The van der Waals surface area contributed by atoms with E-state index in [9.17, 15) is 0 Å². The molecule has 0 radical (unpaired) electrons. The van der Waals surface area contributed by atoms with Gasteiger partial charge in [0.15, 0.2) is 0 Å². The van der Waals surface area contributed by atoms with Crippen LogP contribution in [-0.4, -0.2) is 4.57 Å². The molecule has 1 aliphatic carbocycles. The van der Waals surface area contributed by atoms with E-state index in [4.69, 9.17) is 0 Å².